The maximum Gasteiger partial charge on any atom is 0.524 e. The number of ether oxygens (including phenoxy) is 1. The number of nitrogens with one attached hydrogen (secondary N) is 1. The molecule has 0 bridgehead atoms. The van der Waals surface area contributed by atoms with E-state index in [1.165, 1.54) is 12.1 Å². The second-order valence-corrected chi connectivity index (χ2v) is 9.46. The molecule has 2 aliphatic heterocycles. The maximum atomic E-state index is 12.7. The van der Waals surface area contributed by atoms with Crippen LogP contribution in [0.3, 0.4) is 0 Å². The number of hydrogen-bond donors (Lipinski definition) is 4. The lowest BCUT2D eigenvalue weighted by Crippen LogP contribution is -2.39. The number of hydrogen-bond acceptors (Lipinski definition) is 8. The quantitative estimate of drug-likeness (QED) is 0.189. The molecule has 0 atom stereocenters. The molecule has 3 rings (SSSR count). The molecule has 4 N–H and O–H groups in total. The fraction of sp³-hybridized carbons (Fsp3) is 0.417. The Hall–Kier alpha value is -3.11. The smallest absolute Gasteiger partial charge is 0.507 e. The average Bonchev–Trinajstić information content (AvgIpc) is 2.81. The van der Waals surface area contributed by atoms with Crippen LogP contribution in [0.4, 0.5) is 0 Å². The van der Waals surface area contributed by atoms with Crippen molar-refractivity contribution in [2.75, 3.05) is 26.3 Å². The first-order valence-corrected chi connectivity index (χ1v) is 13.2. The van der Waals surface area contributed by atoms with E-state index in [1.54, 1.807) is 11.0 Å². The van der Waals surface area contributed by atoms with Crippen molar-refractivity contribution in [3.8, 4) is 11.5 Å². The van der Waals surface area contributed by atoms with Crippen LogP contribution in [0.2, 0.25) is 0 Å². The number of aromatic hydroxyl groups is 1. The number of nitrogens with zero attached hydrogens (tertiary/aromatic N) is 1. The number of phenols is 1. The Labute approximate surface area is 209 Å². The van der Waals surface area contributed by atoms with Gasteiger partial charge in [-0.3, -0.25) is 24.9 Å². The zero-order chi connectivity index (χ0) is 26.0. The standard InChI is InChI=1S/C24H31N2O9P/c27-21-16-20(35-36(30,31)32)15-18-14-19(25-34-17-22(28)26-11-7-5-8-12-26)10-6-3-1-2-4-9-13-33-24(29)23(18)21/h2,4,6,10,14-16,25,27H,1,3,5,7-9,11-13,17H2,(H2,30,31,32)/b4-2?,10-6+,19-14-. The van der Waals surface area contributed by atoms with E-state index in [9.17, 15) is 19.3 Å². The fourth-order valence-corrected chi connectivity index (χ4v) is 4.15. The first-order valence-electron chi connectivity index (χ1n) is 11.7. The van der Waals surface area contributed by atoms with Crippen molar-refractivity contribution >= 4 is 25.8 Å². The number of phosphoric acid groups is 1. The molecule has 1 amide bonds. The molecule has 0 radical (unpaired) electrons. The molecule has 1 fully saturated rings. The number of carbonyl (C=O) groups is 2. The molecule has 0 spiro atoms. The minimum atomic E-state index is -4.93. The largest absolute Gasteiger partial charge is 0.524 e. The second kappa shape index (κ2) is 13.3. The van der Waals surface area contributed by atoms with E-state index >= 15 is 0 Å². The molecule has 1 saturated heterocycles. The van der Waals surface area contributed by atoms with Crippen molar-refractivity contribution in [3.05, 3.63) is 53.3 Å². The molecule has 2 heterocycles. The zero-order valence-corrected chi connectivity index (χ0v) is 20.7. The Morgan fingerprint density at radius 1 is 1.08 bits per heavy atom. The van der Waals surface area contributed by atoms with Crippen LogP contribution in [0.5, 0.6) is 11.5 Å². The minimum absolute atomic E-state index is 0.0640. The number of phenolic OH excluding ortho intramolecular Hbond substituents is 1. The molecule has 2 aliphatic rings. The molecule has 0 saturated carbocycles. The Morgan fingerprint density at radius 3 is 2.56 bits per heavy atom. The van der Waals surface area contributed by atoms with Crippen LogP contribution in [0, 0.1) is 0 Å². The molecule has 12 heteroatoms. The Kier molecular flexibility index (Phi) is 10.1. The average molecular weight is 522 g/mol. The zero-order valence-electron chi connectivity index (χ0n) is 19.8. The molecule has 36 heavy (non-hydrogen) atoms. The lowest BCUT2D eigenvalue weighted by atomic mass is 10.0. The van der Waals surface area contributed by atoms with Gasteiger partial charge in [0, 0.05) is 19.2 Å². The molecule has 196 valence electrons. The number of amides is 1. The summed E-state index contributed by atoms with van der Waals surface area (Å²) in [6, 6.07) is 2.11. The van der Waals surface area contributed by atoms with Gasteiger partial charge in [-0.1, -0.05) is 18.2 Å². The number of carbonyl (C=O) groups excluding carboxylic acids is 2. The van der Waals surface area contributed by atoms with Crippen molar-refractivity contribution in [2.24, 2.45) is 0 Å². The highest BCUT2D eigenvalue weighted by molar-refractivity contribution is 7.46. The van der Waals surface area contributed by atoms with Crippen molar-refractivity contribution < 1.29 is 43.1 Å². The number of rotatable bonds is 6. The van der Waals surface area contributed by atoms with Gasteiger partial charge in [-0.15, -0.1) is 0 Å². The van der Waals surface area contributed by atoms with Crippen LogP contribution in [-0.2, 0) is 18.9 Å². The van der Waals surface area contributed by atoms with Gasteiger partial charge in [-0.2, -0.15) is 0 Å². The van der Waals surface area contributed by atoms with Gasteiger partial charge in [0.25, 0.3) is 5.91 Å². The molecule has 0 unspecified atom stereocenters. The Balaban J connectivity index is 1.90. The second-order valence-electron chi connectivity index (χ2n) is 8.30. The van der Waals surface area contributed by atoms with Gasteiger partial charge < -0.3 is 19.3 Å². The number of esters is 1. The van der Waals surface area contributed by atoms with Gasteiger partial charge in [0.15, 0.2) is 6.61 Å². The number of phosphoric ester groups is 1. The third-order valence-electron chi connectivity index (χ3n) is 5.44. The van der Waals surface area contributed by atoms with E-state index in [4.69, 9.17) is 19.4 Å². The van der Waals surface area contributed by atoms with Crippen molar-refractivity contribution in [1.29, 1.82) is 0 Å². The summed E-state index contributed by atoms with van der Waals surface area (Å²) in [5.41, 5.74) is 2.87. The highest BCUT2D eigenvalue weighted by Crippen LogP contribution is 2.40. The molecule has 1 aromatic carbocycles. The third kappa shape index (κ3) is 8.83. The summed E-state index contributed by atoms with van der Waals surface area (Å²) in [7, 11) is -4.93. The highest BCUT2D eigenvalue weighted by atomic mass is 31.2. The van der Waals surface area contributed by atoms with Crippen molar-refractivity contribution in [2.45, 2.75) is 38.5 Å². The number of cyclic esters (lactones) is 1. The molecule has 0 aromatic heterocycles. The van der Waals surface area contributed by atoms with Gasteiger partial charge in [-0.05, 0) is 62.3 Å². The first kappa shape index (κ1) is 27.5. The summed E-state index contributed by atoms with van der Waals surface area (Å²) < 4.78 is 21.2. The van der Waals surface area contributed by atoms with Crippen LogP contribution in [0.15, 0.2) is 42.1 Å². The summed E-state index contributed by atoms with van der Waals surface area (Å²) in [5.74, 6) is -1.91. The minimum Gasteiger partial charge on any atom is -0.507 e. The number of hydroxylamine groups is 1. The Bertz CT molecular complexity index is 1070. The monoisotopic (exact) mass is 522 g/mol. The van der Waals surface area contributed by atoms with Crippen LogP contribution in [0.25, 0.3) is 6.08 Å². The van der Waals surface area contributed by atoms with Crippen molar-refractivity contribution in [3.63, 3.8) is 0 Å². The Morgan fingerprint density at radius 2 is 1.81 bits per heavy atom. The number of piperidine rings is 1. The van der Waals surface area contributed by atoms with Gasteiger partial charge in [0.05, 0.1) is 12.3 Å². The van der Waals surface area contributed by atoms with Gasteiger partial charge >= 0.3 is 13.8 Å². The van der Waals surface area contributed by atoms with E-state index in [1.807, 2.05) is 18.2 Å². The number of benzene rings is 1. The number of fused-ring (bicyclic) bond motifs is 1. The first-order chi connectivity index (χ1) is 17.2. The summed E-state index contributed by atoms with van der Waals surface area (Å²) in [4.78, 5) is 50.6. The normalized spacial score (nSPS) is 19.8. The number of likely N-dealkylation sites (tertiary alicyclic amines) is 1. The predicted molar refractivity (Wildman–Crippen MR) is 131 cm³/mol. The predicted octanol–water partition coefficient (Wildman–Crippen LogP) is 3.19. The van der Waals surface area contributed by atoms with E-state index in [0.717, 1.165) is 31.7 Å². The van der Waals surface area contributed by atoms with Crippen LogP contribution < -0.4 is 10.0 Å². The summed E-state index contributed by atoms with van der Waals surface area (Å²) >= 11 is 0. The van der Waals surface area contributed by atoms with Crippen LogP contribution in [0.1, 0.15) is 54.4 Å². The van der Waals surface area contributed by atoms with Crippen molar-refractivity contribution in [1.82, 2.24) is 10.4 Å². The number of allylic oxidation sites excluding steroid dienone is 3. The topological polar surface area (TPSA) is 155 Å². The van der Waals surface area contributed by atoms with E-state index in [0.29, 0.717) is 31.6 Å². The summed E-state index contributed by atoms with van der Waals surface area (Å²) in [6.45, 7) is 1.25. The fourth-order valence-electron chi connectivity index (χ4n) is 3.77. The third-order valence-corrected chi connectivity index (χ3v) is 5.89. The SMILES string of the molecule is O=C1OCCC=CCC/C=C/C(NOCC(=O)N2CCCCC2)=C/c2cc(OP(=O)(O)O)cc(O)c21. The summed E-state index contributed by atoms with van der Waals surface area (Å²) in [6.07, 6.45) is 13.8. The van der Waals surface area contributed by atoms with E-state index in [-0.39, 0.29) is 36.0 Å². The molecular weight excluding hydrogens is 491 g/mol. The van der Waals surface area contributed by atoms with E-state index in [2.05, 4.69) is 10.0 Å². The molecule has 0 aliphatic carbocycles. The van der Waals surface area contributed by atoms with Gasteiger partial charge in [-0.25, -0.2) is 9.36 Å². The van der Waals surface area contributed by atoms with Gasteiger partial charge in [0.2, 0.25) is 0 Å². The van der Waals surface area contributed by atoms with Gasteiger partial charge in [0.1, 0.15) is 17.1 Å². The highest BCUT2D eigenvalue weighted by Gasteiger charge is 2.23. The molecular formula is C24H31N2O9P. The lowest BCUT2D eigenvalue weighted by Gasteiger charge is -2.26. The molecule has 1 aromatic rings. The maximum absolute atomic E-state index is 12.7. The van der Waals surface area contributed by atoms with Crippen LogP contribution in [-0.4, -0.2) is 58.0 Å². The molecule has 11 nitrogen and oxygen atoms in total. The lowest BCUT2D eigenvalue weighted by molar-refractivity contribution is -0.139. The van der Waals surface area contributed by atoms with Crippen LogP contribution >= 0.6 is 7.82 Å². The summed E-state index contributed by atoms with van der Waals surface area (Å²) in [5, 5.41) is 10.5. The van der Waals surface area contributed by atoms with E-state index < -0.39 is 19.5 Å².